The fourth-order valence-corrected chi connectivity index (χ4v) is 1.90. The maximum Gasteiger partial charge on any atom is 0.320 e. The Balaban J connectivity index is 2.45. The first kappa shape index (κ1) is 13.9. The molecular formula is C11H21N3O3. The number of hydrogen-bond donors (Lipinski definition) is 2. The van der Waals surface area contributed by atoms with Crippen molar-refractivity contribution in [1.29, 1.82) is 0 Å². The van der Waals surface area contributed by atoms with Crippen LogP contribution in [0.2, 0.25) is 0 Å². The average molecular weight is 243 g/mol. The molecule has 2 atom stereocenters. The van der Waals surface area contributed by atoms with Crippen molar-refractivity contribution in [2.24, 2.45) is 11.7 Å². The maximum absolute atomic E-state index is 11.9. The van der Waals surface area contributed by atoms with Crippen LogP contribution in [0.3, 0.4) is 0 Å². The predicted molar refractivity (Wildman–Crippen MR) is 63.5 cm³/mol. The van der Waals surface area contributed by atoms with E-state index in [-0.39, 0.29) is 11.8 Å². The van der Waals surface area contributed by atoms with E-state index < -0.39 is 12.0 Å². The molecule has 2 unspecified atom stereocenters. The van der Waals surface area contributed by atoms with Gasteiger partial charge in [0.25, 0.3) is 0 Å². The van der Waals surface area contributed by atoms with Crippen LogP contribution in [0, 0.1) is 5.92 Å². The molecule has 1 rings (SSSR count). The second-order valence-electron chi connectivity index (χ2n) is 4.51. The van der Waals surface area contributed by atoms with E-state index in [1.165, 1.54) is 0 Å². The van der Waals surface area contributed by atoms with E-state index in [0.29, 0.717) is 32.7 Å². The zero-order valence-electron chi connectivity index (χ0n) is 10.4. The van der Waals surface area contributed by atoms with Crippen LogP contribution in [0.25, 0.3) is 0 Å². The highest BCUT2D eigenvalue weighted by Crippen LogP contribution is 2.09. The highest BCUT2D eigenvalue weighted by molar-refractivity contribution is 5.79. The van der Waals surface area contributed by atoms with Gasteiger partial charge >= 0.3 is 5.97 Å². The minimum atomic E-state index is -0.819. The van der Waals surface area contributed by atoms with Crippen molar-refractivity contribution >= 4 is 11.9 Å². The predicted octanol–water partition coefficient (Wildman–Crippen LogP) is -0.801. The van der Waals surface area contributed by atoms with Gasteiger partial charge in [-0.25, -0.2) is 0 Å². The summed E-state index contributed by atoms with van der Waals surface area (Å²) in [6, 6.07) is -0.487. The quantitative estimate of drug-likeness (QED) is 0.675. The molecule has 0 bridgehead atoms. The molecule has 1 aliphatic heterocycles. The number of carbonyl (C=O) groups is 2. The molecule has 3 N–H and O–H groups in total. The zero-order chi connectivity index (χ0) is 13.0. The average Bonchev–Trinajstić information content (AvgIpc) is 2.36. The lowest BCUT2D eigenvalue weighted by atomic mass is 10.1. The van der Waals surface area contributed by atoms with E-state index in [4.69, 9.17) is 10.8 Å². The summed E-state index contributed by atoms with van der Waals surface area (Å²) >= 11 is 0. The van der Waals surface area contributed by atoms with Crippen molar-refractivity contribution in [3.63, 3.8) is 0 Å². The molecule has 1 aliphatic rings. The molecule has 17 heavy (non-hydrogen) atoms. The lowest BCUT2D eigenvalue weighted by molar-refractivity contribution is -0.144. The van der Waals surface area contributed by atoms with Gasteiger partial charge in [0.1, 0.15) is 6.04 Å². The van der Waals surface area contributed by atoms with Crippen molar-refractivity contribution in [2.45, 2.75) is 19.9 Å². The monoisotopic (exact) mass is 243 g/mol. The van der Waals surface area contributed by atoms with E-state index in [1.807, 2.05) is 11.8 Å². The Labute approximate surface area is 101 Å². The van der Waals surface area contributed by atoms with Gasteiger partial charge in [0, 0.05) is 38.6 Å². The Bertz CT molecular complexity index is 288. The Hall–Kier alpha value is -1.14. The first-order valence-electron chi connectivity index (χ1n) is 5.93. The number of hydrogen-bond acceptors (Lipinski definition) is 4. The molecule has 0 saturated carbocycles. The SMILES string of the molecule is CC(CN)C(=O)N1CCN(C(C)C(=O)O)CC1. The Morgan fingerprint density at radius 3 is 2.18 bits per heavy atom. The number of aliphatic carboxylic acids is 1. The van der Waals surface area contributed by atoms with Crippen LogP contribution in [0.15, 0.2) is 0 Å². The number of carboxylic acids is 1. The van der Waals surface area contributed by atoms with Gasteiger partial charge in [-0.15, -0.1) is 0 Å². The zero-order valence-corrected chi connectivity index (χ0v) is 10.4. The number of piperazine rings is 1. The van der Waals surface area contributed by atoms with Crippen molar-refractivity contribution in [2.75, 3.05) is 32.7 Å². The number of amides is 1. The Kier molecular flexibility index (Phi) is 4.89. The summed E-state index contributed by atoms with van der Waals surface area (Å²) in [6.07, 6.45) is 0. The molecule has 6 heteroatoms. The standard InChI is InChI=1S/C11H21N3O3/c1-8(7-12)10(15)14-5-3-13(4-6-14)9(2)11(16)17/h8-9H,3-7,12H2,1-2H3,(H,16,17). The van der Waals surface area contributed by atoms with Crippen LogP contribution in [0.4, 0.5) is 0 Å². The molecular weight excluding hydrogens is 222 g/mol. The molecule has 0 aromatic carbocycles. The van der Waals surface area contributed by atoms with Crippen molar-refractivity contribution in [1.82, 2.24) is 9.80 Å². The molecule has 0 aliphatic carbocycles. The molecule has 0 aromatic rings. The number of nitrogens with two attached hydrogens (primary N) is 1. The van der Waals surface area contributed by atoms with Crippen LogP contribution < -0.4 is 5.73 Å². The van der Waals surface area contributed by atoms with Crippen LogP contribution in [-0.4, -0.2) is 65.5 Å². The summed E-state index contributed by atoms with van der Waals surface area (Å²) in [6.45, 7) is 6.22. The third kappa shape index (κ3) is 3.41. The largest absolute Gasteiger partial charge is 0.480 e. The van der Waals surface area contributed by atoms with Crippen LogP contribution in [0.1, 0.15) is 13.8 Å². The van der Waals surface area contributed by atoms with Crippen molar-refractivity contribution in [3.05, 3.63) is 0 Å². The molecule has 0 spiro atoms. The lowest BCUT2D eigenvalue weighted by Crippen LogP contribution is -2.54. The number of carboxylic acid groups (broad SMARTS) is 1. The highest BCUT2D eigenvalue weighted by atomic mass is 16.4. The third-order valence-electron chi connectivity index (χ3n) is 3.31. The van der Waals surface area contributed by atoms with E-state index in [2.05, 4.69) is 0 Å². The van der Waals surface area contributed by atoms with E-state index >= 15 is 0 Å². The summed E-state index contributed by atoms with van der Waals surface area (Å²) in [5, 5.41) is 8.90. The molecule has 1 amide bonds. The number of rotatable bonds is 4. The molecule has 1 fully saturated rings. The maximum atomic E-state index is 11.9. The lowest BCUT2D eigenvalue weighted by Gasteiger charge is -2.37. The van der Waals surface area contributed by atoms with Gasteiger partial charge in [-0.1, -0.05) is 6.92 Å². The van der Waals surface area contributed by atoms with E-state index in [9.17, 15) is 9.59 Å². The molecule has 0 radical (unpaired) electrons. The minimum absolute atomic E-state index is 0.0649. The first-order valence-corrected chi connectivity index (χ1v) is 5.93. The summed E-state index contributed by atoms with van der Waals surface area (Å²) < 4.78 is 0. The van der Waals surface area contributed by atoms with Gasteiger partial charge in [0.2, 0.25) is 5.91 Å². The second kappa shape index (κ2) is 5.97. The minimum Gasteiger partial charge on any atom is -0.480 e. The van der Waals surface area contributed by atoms with Crippen molar-refractivity contribution in [3.8, 4) is 0 Å². The fraction of sp³-hybridized carbons (Fsp3) is 0.818. The summed E-state index contributed by atoms with van der Waals surface area (Å²) in [4.78, 5) is 26.3. The van der Waals surface area contributed by atoms with Crippen molar-refractivity contribution < 1.29 is 14.7 Å². The molecule has 0 aromatic heterocycles. The molecule has 1 heterocycles. The smallest absolute Gasteiger partial charge is 0.320 e. The molecule has 1 saturated heterocycles. The highest BCUT2D eigenvalue weighted by Gasteiger charge is 2.28. The first-order chi connectivity index (χ1) is 7.97. The van der Waals surface area contributed by atoms with Gasteiger partial charge in [-0.2, -0.15) is 0 Å². The van der Waals surface area contributed by atoms with Crippen LogP contribution in [0.5, 0.6) is 0 Å². The fourth-order valence-electron chi connectivity index (χ4n) is 1.90. The van der Waals surface area contributed by atoms with Crippen LogP contribution >= 0.6 is 0 Å². The van der Waals surface area contributed by atoms with Gasteiger partial charge in [-0.3, -0.25) is 14.5 Å². The summed E-state index contributed by atoms with van der Waals surface area (Å²) in [5.74, 6) is -0.909. The second-order valence-corrected chi connectivity index (χ2v) is 4.51. The topological polar surface area (TPSA) is 86.9 Å². The van der Waals surface area contributed by atoms with Gasteiger partial charge in [0.15, 0.2) is 0 Å². The van der Waals surface area contributed by atoms with E-state index in [1.54, 1.807) is 11.8 Å². The normalized spacial score (nSPS) is 21.0. The van der Waals surface area contributed by atoms with Gasteiger partial charge < -0.3 is 15.7 Å². The molecule has 6 nitrogen and oxygen atoms in total. The van der Waals surface area contributed by atoms with E-state index in [0.717, 1.165) is 0 Å². The summed E-state index contributed by atoms with van der Waals surface area (Å²) in [5.41, 5.74) is 5.46. The van der Waals surface area contributed by atoms with Crippen LogP contribution in [-0.2, 0) is 9.59 Å². The molecule has 98 valence electrons. The third-order valence-corrected chi connectivity index (χ3v) is 3.31. The van der Waals surface area contributed by atoms with Gasteiger partial charge in [-0.05, 0) is 6.92 Å². The number of nitrogens with zero attached hydrogens (tertiary/aromatic N) is 2. The Morgan fingerprint density at radius 1 is 1.24 bits per heavy atom. The Morgan fingerprint density at radius 2 is 1.76 bits per heavy atom. The number of carbonyl (C=O) groups excluding carboxylic acids is 1. The van der Waals surface area contributed by atoms with Gasteiger partial charge in [0.05, 0.1) is 0 Å². The summed E-state index contributed by atoms with van der Waals surface area (Å²) in [7, 11) is 0.